The number of anilines is 2. The Morgan fingerprint density at radius 3 is 1.98 bits per heavy atom. The largest absolute Gasteiger partial charge is 0.503 e. The van der Waals surface area contributed by atoms with Crippen LogP contribution in [0.15, 0.2) is 24.3 Å². The fraction of sp³-hybridized carbons (Fsp3) is 0.280. The maximum Gasteiger partial charge on any atom is 0.287 e. The van der Waals surface area contributed by atoms with Gasteiger partial charge in [0, 0.05) is 13.0 Å². The Kier molecular flexibility index (Phi) is 6.42. The summed E-state index contributed by atoms with van der Waals surface area (Å²) in [6.45, 7) is -1.44. The second kappa shape index (κ2) is 9.48. The average molecular weight is 587 g/mol. The highest BCUT2D eigenvalue weighted by Gasteiger charge is 2.50. The van der Waals surface area contributed by atoms with E-state index < -0.39 is 87.2 Å². The van der Waals surface area contributed by atoms with Crippen molar-refractivity contribution >= 4 is 29.1 Å². The van der Waals surface area contributed by atoms with Crippen LogP contribution in [0.25, 0.3) is 5.69 Å². The molecule has 5 rings (SSSR count). The van der Waals surface area contributed by atoms with Gasteiger partial charge in [-0.2, -0.15) is 5.10 Å². The topological polar surface area (TPSA) is 273 Å². The Bertz CT molecular complexity index is 1620. The third-order valence-corrected chi connectivity index (χ3v) is 7.04. The van der Waals surface area contributed by atoms with Crippen molar-refractivity contribution in [2.75, 3.05) is 30.0 Å². The second-order valence-electron chi connectivity index (χ2n) is 9.72. The predicted octanol–water partition coefficient (Wildman–Crippen LogP) is -1.59. The maximum absolute atomic E-state index is 13.9. The summed E-state index contributed by atoms with van der Waals surface area (Å²) >= 11 is 0. The molecule has 17 heteroatoms. The van der Waals surface area contributed by atoms with Crippen molar-refractivity contribution in [2.45, 2.75) is 24.4 Å². The number of carbonyl (C=O) groups is 3. The number of ether oxygens (including phenoxy) is 1. The van der Waals surface area contributed by atoms with Gasteiger partial charge in [0.1, 0.15) is 22.8 Å². The number of phenolic OH excluding ortho intramolecular Hbond substituents is 4. The minimum Gasteiger partial charge on any atom is -0.503 e. The fourth-order valence-electron chi connectivity index (χ4n) is 5.06. The average Bonchev–Trinajstić information content (AvgIpc) is 3.36. The van der Waals surface area contributed by atoms with Gasteiger partial charge in [0.25, 0.3) is 17.7 Å². The molecule has 2 aliphatic rings. The van der Waals surface area contributed by atoms with E-state index in [1.165, 1.54) is 31.4 Å². The summed E-state index contributed by atoms with van der Waals surface area (Å²) in [4.78, 5) is 39.5. The van der Waals surface area contributed by atoms with Gasteiger partial charge in [0.2, 0.25) is 11.6 Å². The zero-order chi connectivity index (χ0) is 30.9. The number of aliphatic hydroxyl groups is 4. The van der Waals surface area contributed by atoms with Crippen molar-refractivity contribution in [1.82, 2.24) is 9.78 Å². The number of β-amino-alcohol motifs (C(OH)–C–C–N with tert-alkyl or cyclic N) is 2. The van der Waals surface area contributed by atoms with Crippen LogP contribution in [0.1, 0.15) is 39.4 Å². The highest BCUT2D eigenvalue weighted by molar-refractivity contribution is 6.13. The van der Waals surface area contributed by atoms with Crippen LogP contribution in [-0.4, -0.2) is 94.3 Å². The Morgan fingerprint density at radius 2 is 1.45 bits per heavy atom. The Balaban J connectivity index is 1.69. The maximum atomic E-state index is 13.9. The molecule has 222 valence electrons. The molecule has 3 heterocycles. The summed E-state index contributed by atoms with van der Waals surface area (Å²) in [5.74, 6) is -14.4. The van der Waals surface area contributed by atoms with Gasteiger partial charge in [-0.25, -0.2) is 4.68 Å². The van der Waals surface area contributed by atoms with Crippen molar-refractivity contribution in [3.05, 3.63) is 41.2 Å². The Labute approximate surface area is 235 Å². The van der Waals surface area contributed by atoms with Crippen molar-refractivity contribution in [3.63, 3.8) is 0 Å². The van der Waals surface area contributed by atoms with E-state index in [0.717, 1.165) is 4.68 Å². The van der Waals surface area contributed by atoms with Gasteiger partial charge in [0.05, 0.1) is 24.9 Å². The lowest BCUT2D eigenvalue weighted by molar-refractivity contribution is -0.188. The zero-order valence-electron chi connectivity index (χ0n) is 21.7. The number of methoxy groups -OCH3 is 1. The monoisotopic (exact) mass is 587 g/mol. The molecule has 3 aromatic rings. The summed E-state index contributed by atoms with van der Waals surface area (Å²) in [5.41, 5.74) is 1.63. The summed E-state index contributed by atoms with van der Waals surface area (Å²) < 4.78 is 5.96. The van der Waals surface area contributed by atoms with E-state index in [9.17, 15) is 55.2 Å². The molecule has 0 saturated carbocycles. The van der Waals surface area contributed by atoms with Gasteiger partial charge in [-0.15, -0.1) is 0 Å². The number of hydrogen-bond donors (Lipinski definition) is 9. The summed E-state index contributed by atoms with van der Waals surface area (Å²) in [5, 5.41) is 89.3. The molecule has 0 spiro atoms. The van der Waals surface area contributed by atoms with Crippen molar-refractivity contribution < 1.29 is 60.0 Å². The molecule has 3 amide bonds. The van der Waals surface area contributed by atoms with Crippen molar-refractivity contribution in [1.29, 1.82) is 0 Å². The second-order valence-corrected chi connectivity index (χ2v) is 9.72. The molecule has 42 heavy (non-hydrogen) atoms. The molecule has 0 bridgehead atoms. The molecule has 1 fully saturated rings. The third kappa shape index (κ3) is 4.10. The SMILES string of the molecule is COc1ccc(-n2nc(C(N)=O)c3c2C(=O)N(c2c(O)c(O)c(N4CCCC(O)(O)C4=O)c(O)c2O)CC3(O)O)cc1. The molecule has 10 N–H and O–H groups in total. The number of rotatable bonds is 5. The minimum atomic E-state index is -3.09. The molecular formula is C25H25N5O12. The lowest BCUT2D eigenvalue weighted by Crippen LogP contribution is -2.53. The number of amides is 3. The van der Waals surface area contributed by atoms with E-state index in [4.69, 9.17) is 10.5 Å². The first-order valence-corrected chi connectivity index (χ1v) is 12.2. The zero-order valence-corrected chi connectivity index (χ0v) is 21.7. The van der Waals surface area contributed by atoms with Gasteiger partial charge >= 0.3 is 0 Å². The standard InChI is InChI=1S/C25H25N5O12/c1-42-11-5-3-10(4-6-11)30-14-12(13(27-30)21(26)35)25(40,41)9-29(22(14)36)16-19(33)17(31)15(18(32)20(16)34)28-8-2-7-24(38,39)23(28)37/h3-6,31-34,38-41H,2,7-9H2,1H3,(H2,26,35). The molecular weight excluding hydrogens is 562 g/mol. The number of aromatic nitrogens is 2. The minimum absolute atomic E-state index is 0.0105. The van der Waals surface area contributed by atoms with Gasteiger partial charge < -0.3 is 56.2 Å². The summed E-state index contributed by atoms with van der Waals surface area (Å²) in [7, 11) is 1.41. The molecule has 2 aromatic carbocycles. The van der Waals surface area contributed by atoms with E-state index in [2.05, 4.69) is 5.10 Å². The molecule has 0 radical (unpaired) electrons. The predicted molar refractivity (Wildman–Crippen MR) is 138 cm³/mol. The van der Waals surface area contributed by atoms with Crippen LogP contribution in [0.3, 0.4) is 0 Å². The van der Waals surface area contributed by atoms with Crippen LogP contribution >= 0.6 is 0 Å². The number of carbonyl (C=O) groups excluding carboxylic acids is 3. The molecule has 0 aliphatic carbocycles. The number of aromatic hydroxyl groups is 4. The van der Waals surface area contributed by atoms with E-state index >= 15 is 0 Å². The Morgan fingerprint density at radius 1 is 0.905 bits per heavy atom. The number of fused-ring (bicyclic) bond motifs is 1. The smallest absolute Gasteiger partial charge is 0.287 e. The van der Waals surface area contributed by atoms with Crippen LogP contribution < -0.4 is 20.3 Å². The van der Waals surface area contributed by atoms with Crippen molar-refractivity contribution in [2.24, 2.45) is 5.73 Å². The number of piperidine rings is 1. The molecule has 1 saturated heterocycles. The quantitative estimate of drug-likeness (QED) is 0.0926. The van der Waals surface area contributed by atoms with Crippen LogP contribution in [-0.2, 0) is 10.6 Å². The van der Waals surface area contributed by atoms with E-state index in [0.29, 0.717) is 15.5 Å². The highest BCUT2D eigenvalue weighted by atomic mass is 16.5. The summed E-state index contributed by atoms with van der Waals surface area (Å²) in [6.07, 6.45) is -0.377. The number of nitrogens with zero attached hydrogens (tertiary/aromatic N) is 4. The van der Waals surface area contributed by atoms with Crippen LogP contribution in [0.4, 0.5) is 11.4 Å². The molecule has 0 atom stereocenters. The number of benzene rings is 2. The van der Waals surface area contributed by atoms with E-state index in [-0.39, 0.29) is 25.1 Å². The summed E-state index contributed by atoms with van der Waals surface area (Å²) in [6, 6.07) is 5.79. The third-order valence-electron chi connectivity index (χ3n) is 7.04. The normalized spacial score (nSPS) is 17.7. The van der Waals surface area contributed by atoms with E-state index in [1.807, 2.05) is 0 Å². The van der Waals surface area contributed by atoms with Crippen LogP contribution in [0.2, 0.25) is 0 Å². The molecule has 2 aliphatic heterocycles. The lowest BCUT2D eigenvalue weighted by Gasteiger charge is -2.38. The van der Waals surface area contributed by atoms with Crippen molar-refractivity contribution in [3.8, 4) is 34.4 Å². The highest BCUT2D eigenvalue weighted by Crippen LogP contribution is 2.57. The van der Waals surface area contributed by atoms with Crippen LogP contribution in [0, 0.1) is 0 Å². The van der Waals surface area contributed by atoms with Gasteiger partial charge in [-0.3, -0.25) is 19.3 Å². The first-order chi connectivity index (χ1) is 19.6. The van der Waals surface area contributed by atoms with Crippen LogP contribution in [0.5, 0.6) is 28.7 Å². The number of primary amides is 1. The Hall–Kier alpha value is -5.10. The number of nitrogens with two attached hydrogens (primary N) is 1. The molecule has 17 nitrogen and oxygen atoms in total. The number of phenols is 4. The first kappa shape index (κ1) is 28.4. The lowest BCUT2D eigenvalue weighted by atomic mass is 9.95. The fourth-order valence-corrected chi connectivity index (χ4v) is 5.06. The molecule has 0 unspecified atom stereocenters. The van der Waals surface area contributed by atoms with Gasteiger partial charge in [-0.05, 0) is 30.7 Å². The van der Waals surface area contributed by atoms with Gasteiger partial charge in [0.15, 0.2) is 28.7 Å². The van der Waals surface area contributed by atoms with E-state index in [1.54, 1.807) is 0 Å². The first-order valence-electron chi connectivity index (χ1n) is 12.2. The van der Waals surface area contributed by atoms with Gasteiger partial charge in [-0.1, -0.05) is 0 Å². The number of hydrogen-bond acceptors (Lipinski definition) is 13. The molecule has 1 aromatic heterocycles.